The smallest absolute Gasteiger partial charge is 0.475 e. The number of aromatic nitrogens is 1. The van der Waals surface area contributed by atoms with Crippen molar-refractivity contribution in [3.8, 4) is 0 Å². The molecule has 2 bridgehead atoms. The first-order valence-electron chi connectivity index (χ1n) is 9.57. The Morgan fingerprint density at radius 2 is 2.03 bits per heavy atom. The maximum atomic E-state index is 12.4. The normalized spacial score (nSPS) is 26.4. The number of rotatable bonds is 5. The summed E-state index contributed by atoms with van der Waals surface area (Å²) in [5.74, 6) is -1.80. The van der Waals surface area contributed by atoms with Gasteiger partial charge < -0.3 is 15.2 Å². The average Bonchev–Trinajstić information content (AvgIpc) is 3.44. The molecule has 160 valence electrons. The van der Waals surface area contributed by atoms with Crippen LogP contribution >= 0.6 is 0 Å². The molecule has 29 heavy (non-hydrogen) atoms. The maximum Gasteiger partial charge on any atom is 0.490 e. The Labute approximate surface area is 166 Å². The predicted molar refractivity (Wildman–Crippen MR) is 95.7 cm³/mol. The van der Waals surface area contributed by atoms with Gasteiger partial charge in [0.15, 0.2) is 0 Å². The second-order valence-electron chi connectivity index (χ2n) is 7.69. The number of fused-ring (bicyclic) bond motifs is 2. The van der Waals surface area contributed by atoms with Gasteiger partial charge in [0.1, 0.15) is 0 Å². The van der Waals surface area contributed by atoms with Crippen molar-refractivity contribution in [3.05, 3.63) is 30.1 Å². The Kier molecular flexibility index (Phi) is 6.74. The van der Waals surface area contributed by atoms with E-state index in [9.17, 15) is 18.0 Å². The molecule has 3 atom stereocenters. The van der Waals surface area contributed by atoms with E-state index in [1.54, 1.807) is 6.20 Å². The van der Waals surface area contributed by atoms with Crippen LogP contribution in [0, 0.1) is 11.8 Å². The first-order chi connectivity index (χ1) is 13.7. The fourth-order valence-corrected chi connectivity index (χ4v) is 3.59. The Morgan fingerprint density at radius 3 is 2.62 bits per heavy atom. The van der Waals surface area contributed by atoms with E-state index >= 15 is 0 Å². The minimum atomic E-state index is -5.08. The van der Waals surface area contributed by atoms with Gasteiger partial charge in [0.25, 0.3) is 0 Å². The number of halogens is 3. The molecule has 2 aliphatic heterocycles. The molecule has 7 nitrogen and oxygen atoms in total. The summed E-state index contributed by atoms with van der Waals surface area (Å²) in [4.78, 5) is 27.8. The molecule has 1 aromatic rings. The van der Waals surface area contributed by atoms with E-state index in [1.807, 2.05) is 12.3 Å². The number of nitrogens with one attached hydrogen (secondary N) is 1. The number of likely N-dealkylation sites (tertiary alicyclic amines) is 1. The van der Waals surface area contributed by atoms with Crippen LogP contribution in [0.4, 0.5) is 13.2 Å². The Balaban J connectivity index is 0.000000298. The molecule has 3 heterocycles. The number of amides is 1. The molecule has 2 saturated heterocycles. The summed E-state index contributed by atoms with van der Waals surface area (Å²) >= 11 is 0. The second-order valence-corrected chi connectivity index (χ2v) is 7.69. The van der Waals surface area contributed by atoms with Crippen LogP contribution < -0.4 is 5.32 Å². The van der Waals surface area contributed by atoms with Gasteiger partial charge in [-0.05, 0) is 36.8 Å². The van der Waals surface area contributed by atoms with Gasteiger partial charge in [-0.15, -0.1) is 0 Å². The van der Waals surface area contributed by atoms with E-state index < -0.39 is 12.1 Å². The zero-order valence-electron chi connectivity index (χ0n) is 15.8. The van der Waals surface area contributed by atoms with Crippen LogP contribution in [0.1, 0.15) is 24.8 Å². The van der Waals surface area contributed by atoms with Crippen LogP contribution in [-0.4, -0.2) is 64.9 Å². The van der Waals surface area contributed by atoms with E-state index in [0.717, 1.165) is 38.5 Å². The van der Waals surface area contributed by atoms with Crippen molar-refractivity contribution in [1.29, 1.82) is 0 Å². The van der Waals surface area contributed by atoms with Crippen molar-refractivity contribution in [2.45, 2.75) is 44.2 Å². The van der Waals surface area contributed by atoms with Crippen molar-refractivity contribution in [3.63, 3.8) is 0 Å². The number of pyridine rings is 1. The summed E-state index contributed by atoms with van der Waals surface area (Å²) in [6.45, 7) is 3.50. The standard InChI is InChI=1S/C17H23N3O2.C2HF3O2/c21-17(19-8-12-3-4-12)15-6-14-10-20(11-16(15)22-14)9-13-2-1-5-18-7-13;3-2(4,5)1(6)7/h1-2,5,7,12,14-16H,3-4,6,8-11H2,(H,19,21);(H,6,7). The van der Waals surface area contributed by atoms with Crippen molar-refractivity contribution in [1.82, 2.24) is 15.2 Å². The predicted octanol–water partition coefficient (Wildman–Crippen LogP) is 1.83. The number of morpholine rings is 1. The van der Waals surface area contributed by atoms with E-state index in [4.69, 9.17) is 14.6 Å². The lowest BCUT2D eigenvalue weighted by Crippen LogP contribution is -2.45. The first kappa shape index (κ1) is 21.5. The first-order valence-corrected chi connectivity index (χ1v) is 9.57. The van der Waals surface area contributed by atoms with Crippen molar-refractivity contribution in [2.75, 3.05) is 19.6 Å². The SMILES string of the molecule is O=C(NCC1CC1)C1CC2CN(Cc3cccnc3)CC1O2.O=C(O)C(F)(F)F. The molecule has 1 saturated carbocycles. The molecule has 4 rings (SSSR count). The zero-order chi connectivity index (χ0) is 21.0. The van der Waals surface area contributed by atoms with Crippen LogP contribution in [0.2, 0.25) is 0 Å². The largest absolute Gasteiger partial charge is 0.490 e. The molecule has 0 aromatic carbocycles. The number of nitrogens with zero attached hydrogens (tertiary/aromatic N) is 2. The van der Waals surface area contributed by atoms with Crippen molar-refractivity contribution in [2.24, 2.45) is 11.8 Å². The average molecular weight is 415 g/mol. The Morgan fingerprint density at radius 1 is 1.31 bits per heavy atom. The number of carboxylic acids is 1. The Bertz CT molecular complexity index is 712. The summed E-state index contributed by atoms with van der Waals surface area (Å²) in [6, 6.07) is 4.07. The molecule has 3 fully saturated rings. The van der Waals surface area contributed by atoms with Crippen LogP contribution in [0.5, 0.6) is 0 Å². The third kappa shape index (κ3) is 6.40. The summed E-state index contributed by atoms with van der Waals surface area (Å²) in [7, 11) is 0. The van der Waals surface area contributed by atoms with Crippen LogP contribution in [0.3, 0.4) is 0 Å². The summed E-state index contributed by atoms with van der Waals surface area (Å²) < 4.78 is 37.7. The maximum absolute atomic E-state index is 12.4. The van der Waals surface area contributed by atoms with E-state index in [2.05, 4.69) is 21.3 Å². The summed E-state index contributed by atoms with van der Waals surface area (Å²) in [6.07, 6.45) is 2.29. The molecule has 1 amide bonds. The molecule has 3 aliphatic rings. The van der Waals surface area contributed by atoms with E-state index in [1.165, 1.54) is 18.4 Å². The topological polar surface area (TPSA) is 91.8 Å². The third-order valence-corrected chi connectivity index (χ3v) is 5.20. The van der Waals surface area contributed by atoms with Gasteiger partial charge in [0, 0.05) is 38.6 Å². The molecule has 1 aliphatic carbocycles. The van der Waals surface area contributed by atoms with Crippen LogP contribution in [0.25, 0.3) is 0 Å². The highest BCUT2D eigenvalue weighted by Gasteiger charge is 2.44. The van der Waals surface area contributed by atoms with E-state index in [0.29, 0.717) is 0 Å². The monoisotopic (exact) mass is 415 g/mol. The number of carboxylic acid groups (broad SMARTS) is 1. The molecule has 3 unspecified atom stereocenters. The number of aliphatic carboxylic acids is 1. The van der Waals surface area contributed by atoms with Gasteiger partial charge in [0.2, 0.25) is 5.91 Å². The number of hydrogen-bond acceptors (Lipinski definition) is 5. The lowest BCUT2D eigenvalue weighted by atomic mass is 9.99. The molecular weight excluding hydrogens is 391 g/mol. The van der Waals surface area contributed by atoms with Gasteiger partial charge in [0.05, 0.1) is 18.1 Å². The van der Waals surface area contributed by atoms with Crippen LogP contribution in [-0.2, 0) is 20.9 Å². The second kappa shape index (κ2) is 9.08. The minimum Gasteiger partial charge on any atom is -0.475 e. The molecule has 2 N–H and O–H groups in total. The molecular formula is C19H24F3N3O4. The summed E-state index contributed by atoms with van der Waals surface area (Å²) in [5, 5.41) is 10.2. The molecule has 1 aromatic heterocycles. The fraction of sp³-hybridized carbons (Fsp3) is 0.632. The Hall–Kier alpha value is -2.20. The number of ether oxygens (including phenoxy) is 1. The van der Waals surface area contributed by atoms with Gasteiger partial charge in [-0.2, -0.15) is 13.2 Å². The summed E-state index contributed by atoms with van der Waals surface area (Å²) in [5.41, 5.74) is 1.22. The molecule has 10 heteroatoms. The number of carbonyl (C=O) groups is 2. The number of carbonyl (C=O) groups excluding carboxylic acids is 1. The molecule has 0 radical (unpaired) electrons. The van der Waals surface area contributed by atoms with Crippen molar-refractivity contribution < 1.29 is 32.6 Å². The highest BCUT2D eigenvalue weighted by atomic mass is 19.4. The van der Waals surface area contributed by atoms with Gasteiger partial charge in [-0.1, -0.05) is 6.07 Å². The lowest BCUT2D eigenvalue weighted by molar-refractivity contribution is -0.192. The van der Waals surface area contributed by atoms with Gasteiger partial charge >= 0.3 is 12.1 Å². The van der Waals surface area contributed by atoms with E-state index in [-0.39, 0.29) is 24.0 Å². The number of alkyl halides is 3. The van der Waals surface area contributed by atoms with Crippen molar-refractivity contribution >= 4 is 11.9 Å². The lowest BCUT2D eigenvalue weighted by Gasteiger charge is -2.32. The fourth-order valence-electron chi connectivity index (χ4n) is 3.59. The highest BCUT2D eigenvalue weighted by molar-refractivity contribution is 5.79. The highest BCUT2D eigenvalue weighted by Crippen LogP contribution is 2.33. The third-order valence-electron chi connectivity index (χ3n) is 5.20. The van der Waals surface area contributed by atoms with Gasteiger partial charge in [-0.25, -0.2) is 4.79 Å². The number of hydrogen-bond donors (Lipinski definition) is 2. The minimum absolute atomic E-state index is 0.0302. The zero-order valence-corrected chi connectivity index (χ0v) is 15.8. The molecule has 0 spiro atoms. The van der Waals surface area contributed by atoms with Gasteiger partial charge in [-0.3, -0.25) is 14.7 Å². The van der Waals surface area contributed by atoms with Crippen LogP contribution in [0.15, 0.2) is 24.5 Å². The quantitative estimate of drug-likeness (QED) is 0.763.